The molecule has 0 fully saturated rings. The largest absolute Gasteiger partial charge is 0.480 e. The van der Waals surface area contributed by atoms with Gasteiger partial charge in [-0.05, 0) is 32.3 Å². The molecule has 4 heteroatoms. The number of carbonyl (C=O) groups is 1. The lowest BCUT2D eigenvalue weighted by Gasteiger charge is -2.09. The summed E-state index contributed by atoms with van der Waals surface area (Å²) < 4.78 is 0. The van der Waals surface area contributed by atoms with E-state index in [1.807, 2.05) is 0 Å². The van der Waals surface area contributed by atoms with Crippen LogP contribution >= 0.6 is 0 Å². The fraction of sp³-hybridized carbons (Fsp3) is 0.0952. The number of hydrogen-bond donors (Lipinski definition) is 3. The van der Waals surface area contributed by atoms with Gasteiger partial charge in [0.1, 0.15) is 6.04 Å². The quantitative estimate of drug-likeness (QED) is 0.490. The third-order valence-electron chi connectivity index (χ3n) is 4.17. The summed E-state index contributed by atoms with van der Waals surface area (Å²) in [5.41, 5.74) is 4.77. The fourth-order valence-corrected chi connectivity index (χ4v) is 2.94. The molecule has 0 unspecified atom stereocenters. The molecule has 4 N–H and O–H groups in total. The topological polar surface area (TPSA) is 83.5 Å². The molecule has 0 heterocycles. The van der Waals surface area contributed by atoms with E-state index in [0.717, 1.165) is 0 Å². The highest BCUT2D eigenvalue weighted by molar-refractivity contribution is 6.25. The zero-order valence-electron chi connectivity index (χ0n) is 13.6. The van der Waals surface area contributed by atoms with E-state index in [9.17, 15) is 4.79 Å². The number of aliphatic carboxylic acids is 1. The summed E-state index contributed by atoms with van der Waals surface area (Å²) in [4.78, 5) is 9.65. The van der Waals surface area contributed by atoms with Gasteiger partial charge in [0.2, 0.25) is 0 Å². The molecular formula is C21H19NO3. The van der Waals surface area contributed by atoms with Crippen molar-refractivity contribution in [2.24, 2.45) is 5.73 Å². The summed E-state index contributed by atoms with van der Waals surface area (Å²) >= 11 is 0. The van der Waals surface area contributed by atoms with Crippen molar-refractivity contribution in [1.29, 1.82) is 0 Å². The van der Waals surface area contributed by atoms with Gasteiger partial charge in [-0.1, -0.05) is 72.8 Å². The molecule has 0 amide bonds. The molecule has 0 spiro atoms. The van der Waals surface area contributed by atoms with Gasteiger partial charge in [-0.3, -0.25) is 4.79 Å². The van der Waals surface area contributed by atoms with E-state index in [1.165, 1.54) is 32.3 Å². The fourth-order valence-electron chi connectivity index (χ4n) is 2.94. The maximum atomic E-state index is 9.65. The van der Waals surface area contributed by atoms with Gasteiger partial charge in [0, 0.05) is 0 Å². The maximum absolute atomic E-state index is 9.65. The minimum Gasteiger partial charge on any atom is -0.480 e. The van der Waals surface area contributed by atoms with Gasteiger partial charge in [0.05, 0.1) is 6.61 Å². The first-order valence-corrected chi connectivity index (χ1v) is 8.01. The average molecular weight is 333 g/mol. The molecule has 4 nitrogen and oxygen atoms in total. The van der Waals surface area contributed by atoms with Crippen LogP contribution in [0.3, 0.4) is 0 Å². The third kappa shape index (κ3) is 3.31. The minimum absolute atomic E-state index is 0.505. The van der Waals surface area contributed by atoms with E-state index in [0.29, 0.717) is 0 Å². The molecular weight excluding hydrogens is 314 g/mol. The van der Waals surface area contributed by atoms with Crippen molar-refractivity contribution in [2.45, 2.75) is 6.04 Å². The number of nitrogens with two attached hydrogens (primary N) is 1. The summed E-state index contributed by atoms with van der Waals surface area (Å²) in [6, 6.07) is 24.8. The lowest BCUT2D eigenvalue weighted by molar-refractivity contribution is -0.139. The first kappa shape index (κ1) is 16.9. The molecule has 4 aromatic rings. The zero-order chi connectivity index (χ0) is 17.8. The van der Waals surface area contributed by atoms with E-state index in [4.69, 9.17) is 15.9 Å². The zero-order valence-corrected chi connectivity index (χ0v) is 13.6. The highest BCUT2D eigenvalue weighted by Gasteiger charge is 2.07. The highest BCUT2D eigenvalue weighted by atomic mass is 16.4. The minimum atomic E-state index is -1.18. The standard InChI is InChI=1S/C18H12.C3H7NO3/c1-2-8-14-13(7-1)15-9-3-4-11-17(15)18-12-6-5-10-16(14)18;4-2(1-5)3(6)7/h1-12H;2,5H,1,4H2,(H,6,7)/t;2-/m.0/s1. The van der Waals surface area contributed by atoms with Gasteiger partial charge < -0.3 is 15.9 Å². The molecule has 0 radical (unpaired) electrons. The summed E-state index contributed by atoms with van der Waals surface area (Å²) in [6.45, 7) is -0.505. The Labute approximate surface area is 145 Å². The number of benzene rings is 4. The Kier molecular flexibility index (Phi) is 4.93. The first-order valence-electron chi connectivity index (χ1n) is 8.01. The van der Waals surface area contributed by atoms with Crippen LogP contribution in [0.4, 0.5) is 0 Å². The second-order valence-electron chi connectivity index (χ2n) is 5.76. The molecule has 25 heavy (non-hydrogen) atoms. The Morgan fingerprint density at radius 1 is 0.720 bits per heavy atom. The van der Waals surface area contributed by atoms with Crippen LogP contribution in [-0.2, 0) is 4.79 Å². The molecule has 4 aromatic carbocycles. The summed E-state index contributed by atoms with van der Waals surface area (Å²) in [6.07, 6.45) is 0. The van der Waals surface area contributed by atoms with Gasteiger partial charge in [-0.15, -0.1) is 0 Å². The maximum Gasteiger partial charge on any atom is 0.322 e. The predicted octanol–water partition coefficient (Wildman–Crippen LogP) is 3.54. The third-order valence-corrected chi connectivity index (χ3v) is 4.17. The molecule has 1 atom stereocenters. The normalized spacial score (nSPS) is 11.9. The lowest BCUT2D eigenvalue weighted by Crippen LogP contribution is -2.33. The molecule has 4 rings (SSSR count). The molecule has 126 valence electrons. The van der Waals surface area contributed by atoms with E-state index in [1.54, 1.807) is 0 Å². The van der Waals surface area contributed by atoms with Crippen molar-refractivity contribution < 1.29 is 15.0 Å². The van der Waals surface area contributed by atoms with Crippen LogP contribution in [0.15, 0.2) is 72.8 Å². The number of carboxylic acid groups (broad SMARTS) is 1. The first-order chi connectivity index (χ1) is 12.1. The van der Waals surface area contributed by atoms with Gasteiger partial charge >= 0.3 is 5.97 Å². The van der Waals surface area contributed by atoms with Crippen molar-refractivity contribution in [2.75, 3.05) is 6.61 Å². The molecule has 0 aliphatic heterocycles. The van der Waals surface area contributed by atoms with Crippen molar-refractivity contribution in [3.8, 4) is 0 Å². The van der Waals surface area contributed by atoms with Crippen LogP contribution in [0.2, 0.25) is 0 Å². The predicted molar refractivity (Wildman–Crippen MR) is 102 cm³/mol. The highest BCUT2D eigenvalue weighted by Crippen LogP contribution is 2.34. The number of carboxylic acids is 1. The Morgan fingerprint density at radius 2 is 0.960 bits per heavy atom. The number of hydrogen-bond acceptors (Lipinski definition) is 3. The second kappa shape index (κ2) is 7.30. The Balaban J connectivity index is 0.000000225. The molecule has 0 aliphatic rings. The Morgan fingerprint density at radius 3 is 1.08 bits per heavy atom. The smallest absolute Gasteiger partial charge is 0.322 e. The van der Waals surface area contributed by atoms with Crippen LogP contribution in [0.1, 0.15) is 0 Å². The van der Waals surface area contributed by atoms with Crippen LogP contribution in [0.5, 0.6) is 0 Å². The van der Waals surface area contributed by atoms with Crippen LogP contribution in [0.25, 0.3) is 32.3 Å². The van der Waals surface area contributed by atoms with Crippen molar-refractivity contribution in [3.05, 3.63) is 72.8 Å². The molecule has 0 aromatic heterocycles. The number of aliphatic hydroxyl groups excluding tert-OH is 1. The average Bonchev–Trinajstić information content (AvgIpc) is 2.68. The van der Waals surface area contributed by atoms with Crippen molar-refractivity contribution in [3.63, 3.8) is 0 Å². The second-order valence-corrected chi connectivity index (χ2v) is 5.76. The van der Waals surface area contributed by atoms with Crippen LogP contribution in [0, 0.1) is 0 Å². The van der Waals surface area contributed by atoms with Crippen molar-refractivity contribution >= 4 is 38.3 Å². The molecule has 0 aliphatic carbocycles. The Bertz CT molecular complexity index is 822. The van der Waals surface area contributed by atoms with Gasteiger partial charge in [-0.2, -0.15) is 0 Å². The SMILES string of the molecule is N[C@@H](CO)C(=O)O.c1ccc2c(c1)c1ccccc1c1ccccc21. The van der Waals surface area contributed by atoms with E-state index in [2.05, 4.69) is 72.8 Å². The lowest BCUT2D eigenvalue weighted by atomic mass is 9.95. The van der Waals surface area contributed by atoms with Gasteiger partial charge in [-0.25, -0.2) is 0 Å². The number of fused-ring (bicyclic) bond motifs is 6. The summed E-state index contributed by atoms with van der Waals surface area (Å²) in [5, 5.41) is 23.9. The van der Waals surface area contributed by atoms with Gasteiger partial charge in [0.25, 0.3) is 0 Å². The molecule has 0 saturated heterocycles. The monoisotopic (exact) mass is 333 g/mol. The van der Waals surface area contributed by atoms with E-state index >= 15 is 0 Å². The van der Waals surface area contributed by atoms with E-state index in [-0.39, 0.29) is 0 Å². The van der Waals surface area contributed by atoms with Gasteiger partial charge in [0.15, 0.2) is 0 Å². The summed E-state index contributed by atoms with van der Waals surface area (Å²) in [7, 11) is 0. The van der Waals surface area contributed by atoms with Crippen LogP contribution in [-0.4, -0.2) is 28.8 Å². The Hall–Kier alpha value is -2.95. The molecule has 0 bridgehead atoms. The number of aliphatic hydroxyl groups is 1. The molecule has 0 saturated carbocycles. The van der Waals surface area contributed by atoms with Crippen LogP contribution < -0.4 is 5.73 Å². The summed E-state index contributed by atoms with van der Waals surface area (Å²) in [5.74, 6) is -1.18. The van der Waals surface area contributed by atoms with E-state index < -0.39 is 18.6 Å². The van der Waals surface area contributed by atoms with Crippen molar-refractivity contribution in [1.82, 2.24) is 0 Å². The number of rotatable bonds is 2.